The van der Waals surface area contributed by atoms with Gasteiger partial charge in [-0.15, -0.1) is 12.4 Å². The average molecular weight is 301 g/mol. The van der Waals surface area contributed by atoms with Crippen LogP contribution in [0.15, 0.2) is 0 Å². The highest BCUT2D eigenvalue weighted by Crippen LogP contribution is 2.15. The second kappa shape index (κ2) is 7.93. The Balaban J connectivity index is 0.00000289. The summed E-state index contributed by atoms with van der Waals surface area (Å²) in [4.78, 5) is 12.6. The van der Waals surface area contributed by atoms with Gasteiger partial charge in [0.25, 0.3) is 0 Å². The van der Waals surface area contributed by atoms with Crippen molar-refractivity contribution in [2.45, 2.75) is 19.3 Å². The molecular weight excluding hydrogens is 280 g/mol. The van der Waals surface area contributed by atoms with Crippen LogP contribution in [0.2, 0.25) is 0 Å². The number of nitrogens with one attached hydrogen (secondary N) is 1. The quantitative estimate of drug-likeness (QED) is 0.729. The fraction of sp³-hybridized carbons (Fsp3) is 0.900. The number of rotatable bonds is 6. The largest absolute Gasteiger partial charge is 0.481 e. The highest BCUT2D eigenvalue weighted by Gasteiger charge is 2.20. The summed E-state index contributed by atoms with van der Waals surface area (Å²) in [6.45, 7) is 2.67. The first-order valence-corrected chi connectivity index (χ1v) is 7.65. The molecule has 1 rings (SSSR count). The SMILES string of the molecule is CS(=O)(=O)NCC1CCCN(CCC(=O)O)C1.Cl. The molecule has 18 heavy (non-hydrogen) atoms. The van der Waals surface area contributed by atoms with Crippen LogP contribution in [0.25, 0.3) is 0 Å². The second-order valence-electron chi connectivity index (χ2n) is 4.57. The number of likely N-dealkylation sites (tertiary alicyclic amines) is 1. The van der Waals surface area contributed by atoms with Gasteiger partial charge in [-0.2, -0.15) is 0 Å². The molecule has 0 amide bonds. The van der Waals surface area contributed by atoms with Gasteiger partial charge in [0.1, 0.15) is 0 Å². The lowest BCUT2D eigenvalue weighted by Gasteiger charge is -2.32. The van der Waals surface area contributed by atoms with E-state index in [1.165, 1.54) is 0 Å². The highest BCUT2D eigenvalue weighted by atomic mass is 35.5. The minimum absolute atomic E-state index is 0. The van der Waals surface area contributed by atoms with Crippen LogP contribution in [0, 0.1) is 5.92 Å². The monoisotopic (exact) mass is 300 g/mol. The van der Waals surface area contributed by atoms with Crippen molar-refractivity contribution in [3.8, 4) is 0 Å². The fourth-order valence-corrected chi connectivity index (χ4v) is 2.58. The van der Waals surface area contributed by atoms with Gasteiger partial charge >= 0.3 is 5.97 Å². The molecule has 1 fully saturated rings. The molecule has 0 aromatic rings. The molecule has 0 spiro atoms. The van der Waals surface area contributed by atoms with Gasteiger partial charge in [-0.1, -0.05) is 0 Å². The number of carbonyl (C=O) groups is 1. The number of piperidine rings is 1. The number of aliphatic carboxylic acids is 1. The lowest BCUT2D eigenvalue weighted by molar-refractivity contribution is -0.137. The first kappa shape index (κ1) is 17.6. The normalized spacial score (nSPS) is 21.3. The minimum atomic E-state index is -3.13. The smallest absolute Gasteiger partial charge is 0.304 e. The molecule has 1 aliphatic heterocycles. The summed E-state index contributed by atoms with van der Waals surface area (Å²) in [7, 11) is -3.13. The maximum atomic E-state index is 11.0. The van der Waals surface area contributed by atoms with E-state index in [9.17, 15) is 13.2 Å². The van der Waals surface area contributed by atoms with E-state index in [1.807, 2.05) is 0 Å². The van der Waals surface area contributed by atoms with Crippen LogP contribution in [0.5, 0.6) is 0 Å². The van der Waals surface area contributed by atoms with Crippen LogP contribution in [0.1, 0.15) is 19.3 Å². The van der Waals surface area contributed by atoms with Crippen LogP contribution >= 0.6 is 12.4 Å². The Morgan fingerprint density at radius 3 is 2.72 bits per heavy atom. The molecule has 1 saturated heterocycles. The molecule has 1 atom stereocenters. The van der Waals surface area contributed by atoms with Gasteiger partial charge in [-0.25, -0.2) is 13.1 Å². The Kier molecular flexibility index (Phi) is 7.77. The number of carboxylic acid groups (broad SMARTS) is 1. The summed E-state index contributed by atoms with van der Waals surface area (Å²) in [5.41, 5.74) is 0. The molecule has 0 radical (unpaired) electrons. The summed E-state index contributed by atoms with van der Waals surface area (Å²) in [5.74, 6) is -0.506. The van der Waals surface area contributed by atoms with Crippen LogP contribution in [-0.2, 0) is 14.8 Å². The number of carboxylic acids is 1. The van der Waals surface area contributed by atoms with Gasteiger partial charge in [0.05, 0.1) is 12.7 Å². The Morgan fingerprint density at radius 2 is 2.17 bits per heavy atom. The number of hydrogen-bond acceptors (Lipinski definition) is 4. The molecule has 8 heteroatoms. The molecule has 6 nitrogen and oxygen atoms in total. The lowest BCUT2D eigenvalue weighted by atomic mass is 9.98. The first-order chi connectivity index (χ1) is 7.87. The lowest BCUT2D eigenvalue weighted by Crippen LogP contribution is -2.41. The summed E-state index contributed by atoms with van der Waals surface area (Å²) >= 11 is 0. The maximum absolute atomic E-state index is 11.0. The van der Waals surface area contributed by atoms with Gasteiger partial charge in [-0.05, 0) is 25.3 Å². The van der Waals surface area contributed by atoms with E-state index in [0.29, 0.717) is 13.1 Å². The zero-order valence-corrected chi connectivity index (χ0v) is 12.1. The van der Waals surface area contributed by atoms with Gasteiger partial charge in [0.15, 0.2) is 0 Å². The molecule has 0 aliphatic carbocycles. The second-order valence-corrected chi connectivity index (χ2v) is 6.41. The molecule has 108 valence electrons. The van der Waals surface area contributed by atoms with Crippen molar-refractivity contribution in [3.63, 3.8) is 0 Å². The van der Waals surface area contributed by atoms with Crippen molar-refractivity contribution < 1.29 is 18.3 Å². The maximum Gasteiger partial charge on any atom is 0.304 e. The van der Waals surface area contributed by atoms with Gasteiger partial charge in [-0.3, -0.25) is 4.79 Å². The molecule has 1 unspecified atom stereocenters. The van der Waals surface area contributed by atoms with E-state index in [1.54, 1.807) is 0 Å². The number of nitrogens with zero attached hydrogens (tertiary/aromatic N) is 1. The molecule has 0 saturated carbocycles. The molecule has 0 aromatic carbocycles. The standard InChI is InChI=1S/C10H20N2O4S.ClH/c1-17(15,16)11-7-9-3-2-5-12(8-9)6-4-10(13)14;/h9,11H,2-8H2,1H3,(H,13,14);1H. The fourth-order valence-electron chi connectivity index (χ4n) is 2.04. The van der Waals surface area contributed by atoms with E-state index in [-0.39, 0.29) is 24.7 Å². The van der Waals surface area contributed by atoms with Crippen LogP contribution in [0.3, 0.4) is 0 Å². The van der Waals surface area contributed by atoms with Crippen molar-refractivity contribution in [1.82, 2.24) is 9.62 Å². The molecule has 0 aromatic heterocycles. The predicted octanol–water partition coefficient (Wildman–Crippen LogP) is 0.144. The highest BCUT2D eigenvalue weighted by molar-refractivity contribution is 7.88. The zero-order chi connectivity index (χ0) is 12.9. The minimum Gasteiger partial charge on any atom is -0.481 e. The van der Waals surface area contributed by atoms with Crippen LogP contribution < -0.4 is 4.72 Å². The molecule has 2 N–H and O–H groups in total. The Morgan fingerprint density at radius 1 is 1.50 bits per heavy atom. The molecule has 1 heterocycles. The van der Waals surface area contributed by atoms with Gasteiger partial charge in [0.2, 0.25) is 10.0 Å². The third-order valence-corrected chi connectivity index (χ3v) is 3.57. The van der Waals surface area contributed by atoms with E-state index in [4.69, 9.17) is 5.11 Å². The average Bonchev–Trinajstić information content (AvgIpc) is 2.23. The van der Waals surface area contributed by atoms with Crippen molar-refractivity contribution in [2.75, 3.05) is 32.4 Å². The van der Waals surface area contributed by atoms with Crippen molar-refractivity contribution >= 4 is 28.4 Å². The van der Waals surface area contributed by atoms with Crippen molar-refractivity contribution in [3.05, 3.63) is 0 Å². The topological polar surface area (TPSA) is 86.7 Å². The first-order valence-electron chi connectivity index (χ1n) is 5.75. The Labute approximate surface area is 114 Å². The number of sulfonamides is 1. The van der Waals surface area contributed by atoms with Gasteiger partial charge < -0.3 is 10.0 Å². The van der Waals surface area contributed by atoms with E-state index in [2.05, 4.69) is 9.62 Å². The zero-order valence-electron chi connectivity index (χ0n) is 10.5. The third-order valence-electron chi connectivity index (χ3n) is 2.88. The Hall–Kier alpha value is -0.370. The Bertz CT molecular complexity index is 361. The summed E-state index contributed by atoms with van der Waals surface area (Å²) in [6.07, 6.45) is 3.28. The van der Waals surface area contributed by atoms with Crippen LogP contribution in [0.4, 0.5) is 0 Å². The van der Waals surface area contributed by atoms with E-state index < -0.39 is 16.0 Å². The summed E-state index contributed by atoms with van der Waals surface area (Å²) in [5, 5.41) is 8.60. The summed E-state index contributed by atoms with van der Waals surface area (Å²) < 4.78 is 24.4. The predicted molar refractivity (Wildman–Crippen MR) is 71.5 cm³/mol. The van der Waals surface area contributed by atoms with Gasteiger partial charge in [0, 0.05) is 19.6 Å². The van der Waals surface area contributed by atoms with E-state index >= 15 is 0 Å². The number of halogens is 1. The molecule has 0 bridgehead atoms. The molecule has 1 aliphatic rings. The number of hydrogen-bond donors (Lipinski definition) is 2. The van der Waals surface area contributed by atoms with E-state index in [0.717, 1.165) is 32.2 Å². The molecular formula is C10H21ClN2O4S. The van der Waals surface area contributed by atoms with Crippen molar-refractivity contribution in [1.29, 1.82) is 0 Å². The third kappa shape index (κ3) is 7.86. The summed E-state index contributed by atoms with van der Waals surface area (Å²) in [6, 6.07) is 0. The van der Waals surface area contributed by atoms with Crippen LogP contribution in [-0.4, -0.2) is 56.8 Å². The van der Waals surface area contributed by atoms with Crippen molar-refractivity contribution in [2.24, 2.45) is 5.92 Å².